The van der Waals surface area contributed by atoms with Gasteiger partial charge in [0.05, 0.1) is 17.6 Å². The first kappa shape index (κ1) is 18.9. The first-order chi connectivity index (χ1) is 12.5. The van der Waals surface area contributed by atoms with Crippen LogP contribution in [0.1, 0.15) is 41.9 Å². The van der Waals surface area contributed by atoms with Gasteiger partial charge in [0.2, 0.25) is 5.91 Å². The highest BCUT2D eigenvalue weighted by molar-refractivity contribution is 7.98. The number of nitrogens with one attached hydrogen (secondary N) is 2. The predicted molar refractivity (Wildman–Crippen MR) is 103 cm³/mol. The monoisotopic (exact) mass is 395 g/mol. The van der Waals surface area contributed by atoms with Gasteiger partial charge in [-0.2, -0.15) is 11.8 Å². The number of hydrogen-bond donors (Lipinski definition) is 3. The average molecular weight is 396 g/mol. The van der Waals surface area contributed by atoms with Gasteiger partial charge in [-0.3, -0.25) is 14.4 Å². The van der Waals surface area contributed by atoms with Crippen LogP contribution in [0.3, 0.4) is 0 Å². The third-order valence-corrected chi connectivity index (χ3v) is 6.40. The smallest absolute Gasteiger partial charge is 0.305 e. The zero-order valence-electron chi connectivity index (χ0n) is 14.3. The number of aromatic amines is 1. The van der Waals surface area contributed by atoms with Gasteiger partial charge in [-0.25, -0.2) is 4.98 Å². The normalized spacial score (nSPS) is 13.5. The zero-order chi connectivity index (χ0) is 18.5. The van der Waals surface area contributed by atoms with Crippen LogP contribution in [-0.4, -0.2) is 39.2 Å². The van der Waals surface area contributed by atoms with Crippen LogP contribution >= 0.6 is 23.1 Å². The maximum atomic E-state index is 12.4. The van der Waals surface area contributed by atoms with E-state index in [9.17, 15) is 14.4 Å². The van der Waals surface area contributed by atoms with E-state index in [2.05, 4.69) is 15.3 Å². The molecule has 0 fully saturated rings. The van der Waals surface area contributed by atoms with E-state index in [1.54, 1.807) is 11.3 Å². The fourth-order valence-electron chi connectivity index (χ4n) is 3.01. The Morgan fingerprint density at radius 1 is 1.27 bits per heavy atom. The second kappa shape index (κ2) is 8.68. The second-order valence-electron chi connectivity index (χ2n) is 6.20. The van der Waals surface area contributed by atoms with Crippen LogP contribution in [0.2, 0.25) is 0 Å². The van der Waals surface area contributed by atoms with Crippen LogP contribution in [0.15, 0.2) is 4.79 Å². The van der Waals surface area contributed by atoms with Crippen molar-refractivity contribution in [3.8, 4) is 0 Å². The second-order valence-corrected chi connectivity index (χ2v) is 8.39. The molecule has 2 heterocycles. The number of thioether (sulfide) groups is 1. The number of carboxylic acid groups (broad SMARTS) is 1. The summed E-state index contributed by atoms with van der Waals surface area (Å²) in [4.78, 5) is 44.0. The molecule has 0 bridgehead atoms. The van der Waals surface area contributed by atoms with Crippen molar-refractivity contribution in [1.82, 2.24) is 15.3 Å². The minimum atomic E-state index is -0.930. The predicted octanol–water partition coefficient (Wildman–Crippen LogP) is 2.08. The Kier molecular flexibility index (Phi) is 6.31. The molecule has 26 heavy (non-hydrogen) atoms. The largest absolute Gasteiger partial charge is 0.481 e. The SMILES string of the molecule is O=C(O)CCNC(=O)CCSCc1nc2sc3c(c2c(=O)[nH]1)CCCC3. The lowest BCUT2D eigenvalue weighted by molar-refractivity contribution is -0.136. The highest BCUT2D eigenvalue weighted by Gasteiger charge is 2.19. The number of H-pyrrole nitrogens is 1. The molecule has 3 rings (SSSR count). The number of aromatic nitrogens is 2. The van der Waals surface area contributed by atoms with E-state index in [1.165, 1.54) is 28.6 Å². The summed E-state index contributed by atoms with van der Waals surface area (Å²) in [7, 11) is 0. The highest BCUT2D eigenvalue weighted by Crippen LogP contribution is 2.33. The Morgan fingerprint density at radius 3 is 2.88 bits per heavy atom. The van der Waals surface area contributed by atoms with Crippen molar-refractivity contribution < 1.29 is 14.7 Å². The molecule has 0 saturated carbocycles. The van der Waals surface area contributed by atoms with Crippen LogP contribution in [0.5, 0.6) is 0 Å². The van der Waals surface area contributed by atoms with E-state index in [4.69, 9.17) is 5.11 Å². The van der Waals surface area contributed by atoms with Crippen molar-refractivity contribution >= 4 is 45.2 Å². The van der Waals surface area contributed by atoms with Crippen molar-refractivity contribution in [3.05, 3.63) is 26.6 Å². The van der Waals surface area contributed by atoms with E-state index in [0.717, 1.165) is 29.5 Å². The molecule has 1 aliphatic carbocycles. The number of rotatable bonds is 8. The van der Waals surface area contributed by atoms with Gasteiger partial charge in [0.25, 0.3) is 5.56 Å². The molecule has 2 aromatic heterocycles. The highest BCUT2D eigenvalue weighted by atomic mass is 32.2. The summed E-state index contributed by atoms with van der Waals surface area (Å²) in [5.74, 6) is 0.664. The summed E-state index contributed by atoms with van der Waals surface area (Å²) in [6, 6.07) is 0. The van der Waals surface area contributed by atoms with E-state index in [1.807, 2.05) is 0 Å². The molecule has 1 aliphatic rings. The molecule has 3 N–H and O–H groups in total. The van der Waals surface area contributed by atoms with Gasteiger partial charge >= 0.3 is 5.97 Å². The zero-order valence-corrected chi connectivity index (χ0v) is 15.9. The number of nitrogens with zero attached hydrogens (tertiary/aromatic N) is 1. The molecule has 2 aromatic rings. The van der Waals surface area contributed by atoms with Crippen molar-refractivity contribution in [2.24, 2.45) is 0 Å². The molecule has 140 valence electrons. The number of aryl methyl sites for hydroxylation is 2. The minimum absolute atomic E-state index is 0.0589. The number of carboxylic acids is 1. The Bertz CT molecular complexity index is 875. The molecule has 0 saturated heterocycles. The number of carbonyl (C=O) groups excluding carboxylic acids is 1. The molecule has 0 radical (unpaired) electrons. The van der Waals surface area contributed by atoms with Crippen LogP contribution in [0.25, 0.3) is 10.2 Å². The topological polar surface area (TPSA) is 112 Å². The van der Waals surface area contributed by atoms with Gasteiger partial charge < -0.3 is 15.4 Å². The fourth-order valence-corrected chi connectivity index (χ4v) is 5.09. The molecule has 0 aromatic carbocycles. The molecule has 1 amide bonds. The van der Waals surface area contributed by atoms with Gasteiger partial charge in [0.1, 0.15) is 10.7 Å². The number of fused-ring (bicyclic) bond motifs is 3. The summed E-state index contributed by atoms with van der Waals surface area (Å²) in [6.45, 7) is 0.146. The van der Waals surface area contributed by atoms with E-state index in [-0.39, 0.29) is 24.4 Å². The standard InChI is InChI=1S/C17H21N3O4S2/c21-13(18-7-5-14(22)23)6-8-25-9-12-19-16(24)15-10-3-1-2-4-11(10)26-17(15)20-12/h1-9H2,(H,18,21)(H,22,23)(H,19,20,24). The number of thiophene rings is 1. The third-order valence-electron chi connectivity index (χ3n) is 4.25. The molecular weight excluding hydrogens is 374 g/mol. The molecule has 0 spiro atoms. The molecule has 0 aliphatic heterocycles. The first-order valence-corrected chi connectivity index (χ1v) is 10.6. The molecular formula is C17H21N3O4S2. The maximum Gasteiger partial charge on any atom is 0.305 e. The quantitative estimate of drug-likeness (QED) is 0.590. The Hall–Kier alpha value is -1.87. The Balaban J connectivity index is 1.53. The number of aliphatic carboxylic acids is 1. The van der Waals surface area contributed by atoms with Gasteiger partial charge in [-0.1, -0.05) is 0 Å². The molecule has 9 heteroatoms. The summed E-state index contributed by atoms with van der Waals surface area (Å²) in [6.07, 6.45) is 4.54. The minimum Gasteiger partial charge on any atom is -0.481 e. The van der Waals surface area contributed by atoms with Crippen LogP contribution in [0, 0.1) is 0 Å². The lowest BCUT2D eigenvalue weighted by Crippen LogP contribution is -2.26. The van der Waals surface area contributed by atoms with Gasteiger partial charge in [-0.15, -0.1) is 11.3 Å². The van der Waals surface area contributed by atoms with Gasteiger partial charge in [0, 0.05) is 23.6 Å². The van der Waals surface area contributed by atoms with Gasteiger partial charge in [0.15, 0.2) is 0 Å². The first-order valence-electron chi connectivity index (χ1n) is 8.64. The van der Waals surface area contributed by atoms with Crippen LogP contribution in [-0.2, 0) is 28.2 Å². The van der Waals surface area contributed by atoms with E-state index in [0.29, 0.717) is 23.8 Å². The number of amides is 1. The summed E-state index contributed by atoms with van der Waals surface area (Å²) >= 11 is 3.15. The average Bonchev–Trinajstić information content (AvgIpc) is 2.97. The van der Waals surface area contributed by atoms with Crippen molar-refractivity contribution in [3.63, 3.8) is 0 Å². The van der Waals surface area contributed by atoms with Crippen LogP contribution < -0.4 is 10.9 Å². The molecule has 7 nitrogen and oxygen atoms in total. The van der Waals surface area contributed by atoms with E-state index >= 15 is 0 Å². The lowest BCUT2D eigenvalue weighted by Gasteiger charge is -2.09. The van der Waals surface area contributed by atoms with Gasteiger partial charge in [-0.05, 0) is 31.2 Å². The third kappa shape index (κ3) is 4.64. The fraction of sp³-hybridized carbons (Fsp3) is 0.529. The summed E-state index contributed by atoms with van der Waals surface area (Å²) in [5.41, 5.74) is 1.12. The lowest BCUT2D eigenvalue weighted by atomic mass is 9.97. The van der Waals surface area contributed by atoms with E-state index < -0.39 is 5.97 Å². The van der Waals surface area contributed by atoms with Crippen LogP contribution in [0.4, 0.5) is 0 Å². The van der Waals surface area contributed by atoms with Crippen molar-refractivity contribution in [2.75, 3.05) is 12.3 Å². The Morgan fingerprint density at radius 2 is 2.08 bits per heavy atom. The van der Waals surface area contributed by atoms with Crippen molar-refractivity contribution in [1.29, 1.82) is 0 Å². The Labute approximate surface area is 158 Å². The molecule has 0 atom stereocenters. The maximum absolute atomic E-state index is 12.4. The number of carbonyl (C=O) groups is 2. The van der Waals surface area contributed by atoms with Crippen molar-refractivity contribution in [2.45, 2.75) is 44.3 Å². The summed E-state index contributed by atoms with van der Waals surface area (Å²) in [5, 5.41) is 11.9. The summed E-state index contributed by atoms with van der Waals surface area (Å²) < 4.78 is 0. The number of hydrogen-bond acceptors (Lipinski definition) is 6. The molecule has 0 unspecified atom stereocenters.